The Hall–Kier alpha value is -1.40. The van der Waals surface area contributed by atoms with Gasteiger partial charge in [0.15, 0.2) is 12.5 Å². The van der Waals surface area contributed by atoms with E-state index in [1.54, 1.807) is 13.8 Å². The van der Waals surface area contributed by atoms with E-state index in [-0.39, 0.29) is 12.5 Å². The van der Waals surface area contributed by atoms with Crippen LogP contribution in [0.3, 0.4) is 0 Å². The van der Waals surface area contributed by atoms with E-state index in [1.165, 1.54) is 0 Å². The summed E-state index contributed by atoms with van der Waals surface area (Å²) in [5.74, 6) is -1.13. The van der Waals surface area contributed by atoms with E-state index in [9.17, 15) is 9.59 Å². The normalized spacial score (nSPS) is 14.6. The van der Waals surface area contributed by atoms with E-state index in [0.717, 1.165) is 25.2 Å². The van der Waals surface area contributed by atoms with Crippen molar-refractivity contribution < 1.29 is 19.1 Å². The molecule has 0 bridgehead atoms. The standard InChI is InChI=1S/C14H26N2O4/c1-7-15(5)11(3)19-13(17)9-10-14(18)20-12(4)16(6)8-2/h9-12H,7-8H2,1-6H3/b10-9-. The van der Waals surface area contributed by atoms with Gasteiger partial charge in [-0.15, -0.1) is 0 Å². The van der Waals surface area contributed by atoms with E-state index in [0.29, 0.717) is 0 Å². The third kappa shape index (κ3) is 7.25. The molecule has 0 rings (SSSR count). The van der Waals surface area contributed by atoms with Gasteiger partial charge in [-0.3, -0.25) is 9.80 Å². The van der Waals surface area contributed by atoms with Crippen LogP contribution in [0.2, 0.25) is 0 Å². The van der Waals surface area contributed by atoms with Crippen molar-refractivity contribution in [1.82, 2.24) is 9.80 Å². The van der Waals surface area contributed by atoms with Gasteiger partial charge >= 0.3 is 11.9 Å². The number of hydrogen-bond acceptors (Lipinski definition) is 6. The molecule has 0 radical (unpaired) electrons. The molecular formula is C14H26N2O4. The van der Waals surface area contributed by atoms with Gasteiger partial charge in [0.1, 0.15) is 0 Å². The number of carbonyl (C=O) groups is 2. The molecule has 0 spiro atoms. The van der Waals surface area contributed by atoms with Crippen LogP contribution in [0.4, 0.5) is 0 Å². The summed E-state index contributed by atoms with van der Waals surface area (Å²) < 4.78 is 10.2. The summed E-state index contributed by atoms with van der Waals surface area (Å²) in [6, 6.07) is 0. The lowest BCUT2D eigenvalue weighted by Gasteiger charge is -2.22. The first kappa shape index (κ1) is 18.6. The number of ether oxygens (including phenoxy) is 2. The molecule has 0 saturated heterocycles. The molecule has 0 aliphatic heterocycles. The fraction of sp³-hybridized carbons (Fsp3) is 0.714. The molecule has 0 saturated carbocycles. The number of rotatable bonds is 8. The van der Waals surface area contributed by atoms with Gasteiger partial charge < -0.3 is 9.47 Å². The van der Waals surface area contributed by atoms with Gasteiger partial charge in [-0.05, 0) is 41.0 Å². The Bertz CT molecular complexity index is 312. The van der Waals surface area contributed by atoms with Gasteiger partial charge in [0.25, 0.3) is 0 Å². The monoisotopic (exact) mass is 286 g/mol. The van der Waals surface area contributed by atoms with Gasteiger partial charge in [0, 0.05) is 12.2 Å². The van der Waals surface area contributed by atoms with Crippen LogP contribution < -0.4 is 0 Å². The summed E-state index contributed by atoms with van der Waals surface area (Å²) >= 11 is 0. The molecule has 0 aliphatic carbocycles. The molecule has 6 nitrogen and oxygen atoms in total. The molecular weight excluding hydrogens is 260 g/mol. The largest absolute Gasteiger partial charge is 0.443 e. The smallest absolute Gasteiger partial charge is 0.332 e. The average Bonchev–Trinajstić information content (AvgIpc) is 2.42. The SMILES string of the molecule is CCN(C)C(C)OC(=O)/C=C\C(=O)OC(C)N(C)CC. The lowest BCUT2D eigenvalue weighted by atomic mass is 10.4. The highest BCUT2D eigenvalue weighted by molar-refractivity contribution is 5.91. The Morgan fingerprint density at radius 2 is 1.20 bits per heavy atom. The van der Waals surface area contributed by atoms with Crippen molar-refractivity contribution in [2.75, 3.05) is 27.2 Å². The zero-order chi connectivity index (χ0) is 15.7. The summed E-state index contributed by atoms with van der Waals surface area (Å²) in [5.41, 5.74) is 0. The van der Waals surface area contributed by atoms with Crippen LogP contribution >= 0.6 is 0 Å². The number of hydrogen-bond donors (Lipinski definition) is 0. The summed E-state index contributed by atoms with van der Waals surface area (Å²) in [6.07, 6.45) is 1.50. The van der Waals surface area contributed by atoms with E-state index in [1.807, 2.05) is 37.7 Å². The lowest BCUT2D eigenvalue weighted by molar-refractivity contribution is -0.152. The van der Waals surface area contributed by atoms with Crippen molar-refractivity contribution in [2.24, 2.45) is 0 Å². The van der Waals surface area contributed by atoms with Gasteiger partial charge in [0.05, 0.1) is 0 Å². The third-order valence-corrected chi connectivity index (χ3v) is 3.17. The molecule has 0 aliphatic rings. The van der Waals surface area contributed by atoms with E-state index < -0.39 is 11.9 Å². The molecule has 0 N–H and O–H groups in total. The van der Waals surface area contributed by atoms with Crippen molar-refractivity contribution in [3.63, 3.8) is 0 Å². The van der Waals surface area contributed by atoms with Gasteiger partial charge in [0.2, 0.25) is 0 Å². The van der Waals surface area contributed by atoms with Crippen LogP contribution in [0.25, 0.3) is 0 Å². The molecule has 0 amide bonds. The van der Waals surface area contributed by atoms with Crippen molar-refractivity contribution in [1.29, 1.82) is 0 Å². The van der Waals surface area contributed by atoms with Gasteiger partial charge in [-0.25, -0.2) is 9.59 Å². The maximum atomic E-state index is 11.5. The minimum absolute atomic E-state index is 0.335. The Morgan fingerprint density at radius 1 is 0.900 bits per heavy atom. The summed E-state index contributed by atoms with van der Waals surface area (Å²) in [6.45, 7) is 8.99. The quantitative estimate of drug-likeness (QED) is 0.380. The fourth-order valence-corrected chi connectivity index (χ4v) is 1.25. The second kappa shape index (κ2) is 9.50. The van der Waals surface area contributed by atoms with Crippen LogP contribution in [-0.2, 0) is 19.1 Å². The molecule has 0 aromatic carbocycles. The maximum absolute atomic E-state index is 11.5. The first-order chi connectivity index (χ1) is 9.31. The van der Waals surface area contributed by atoms with Gasteiger partial charge in [-0.2, -0.15) is 0 Å². The Morgan fingerprint density at radius 3 is 1.45 bits per heavy atom. The van der Waals surface area contributed by atoms with Crippen molar-refractivity contribution in [3.8, 4) is 0 Å². The summed E-state index contributed by atoms with van der Waals surface area (Å²) in [5, 5.41) is 0. The minimum atomic E-state index is -0.564. The zero-order valence-corrected chi connectivity index (χ0v) is 13.3. The maximum Gasteiger partial charge on any atom is 0.332 e. The van der Waals surface area contributed by atoms with Crippen molar-refractivity contribution in [2.45, 2.75) is 40.2 Å². The first-order valence-electron chi connectivity index (χ1n) is 6.81. The van der Waals surface area contributed by atoms with Crippen LogP contribution in [0.1, 0.15) is 27.7 Å². The second-order valence-corrected chi connectivity index (χ2v) is 4.55. The molecule has 6 heteroatoms. The lowest BCUT2D eigenvalue weighted by Crippen LogP contribution is -2.33. The van der Waals surface area contributed by atoms with Crippen molar-refractivity contribution >= 4 is 11.9 Å². The van der Waals surface area contributed by atoms with Crippen LogP contribution in [0, 0.1) is 0 Å². The van der Waals surface area contributed by atoms with E-state index in [2.05, 4.69) is 0 Å². The number of nitrogens with zero attached hydrogens (tertiary/aromatic N) is 2. The highest BCUT2D eigenvalue weighted by Gasteiger charge is 2.13. The summed E-state index contributed by atoms with van der Waals surface area (Å²) in [4.78, 5) is 26.7. The Kier molecular flexibility index (Phi) is 8.83. The van der Waals surface area contributed by atoms with Gasteiger partial charge in [-0.1, -0.05) is 13.8 Å². The highest BCUT2D eigenvalue weighted by Crippen LogP contribution is 2.00. The van der Waals surface area contributed by atoms with Crippen LogP contribution in [0.15, 0.2) is 12.2 Å². The first-order valence-corrected chi connectivity index (χ1v) is 6.81. The number of esters is 2. The predicted octanol–water partition coefficient (Wildman–Crippen LogP) is 1.22. The average molecular weight is 286 g/mol. The van der Waals surface area contributed by atoms with Crippen LogP contribution in [0.5, 0.6) is 0 Å². The molecule has 20 heavy (non-hydrogen) atoms. The molecule has 2 unspecified atom stereocenters. The van der Waals surface area contributed by atoms with Crippen LogP contribution in [-0.4, -0.2) is 61.4 Å². The number of carbonyl (C=O) groups excluding carboxylic acids is 2. The zero-order valence-electron chi connectivity index (χ0n) is 13.3. The predicted molar refractivity (Wildman–Crippen MR) is 76.9 cm³/mol. The molecule has 0 fully saturated rings. The third-order valence-electron chi connectivity index (χ3n) is 3.17. The molecule has 0 heterocycles. The van der Waals surface area contributed by atoms with E-state index >= 15 is 0 Å². The molecule has 116 valence electrons. The van der Waals surface area contributed by atoms with E-state index in [4.69, 9.17) is 9.47 Å². The minimum Gasteiger partial charge on any atom is -0.443 e. The molecule has 0 aromatic rings. The topological polar surface area (TPSA) is 59.1 Å². The fourth-order valence-electron chi connectivity index (χ4n) is 1.25. The van der Waals surface area contributed by atoms with Crippen molar-refractivity contribution in [3.05, 3.63) is 12.2 Å². The summed E-state index contributed by atoms with van der Waals surface area (Å²) in [7, 11) is 3.69. The molecule has 0 aromatic heterocycles. The highest BCUT2D eigenvalue weighted by atomic mass is 16.6. The second-order valence-electron chi connectivity index (χ2n) is 4.55. The Balaban J connectivity index is 4.22. The molecule has 2 atom stereocenters. The Labute approximate surface area is 121 Å².